The molecule has 1 saturated heterocycles. The molecule has 3 amide bonds. The smallest absolute Gasteiger partial charge is 0.225 e. The van der Waals surface area contributed by atoms with Crippen LogP contribution < -0.4 is 21.7 Å². The van der Waals surface area contributed by atoms with E-state index in [9.17, 15) is 14.4 Å². The van der Waals surface area contributed by atoms with E-state index in [-0.39, 0.29) is 48.6 Å². The maximum Gasteiger partial charge on any atom is 0.225 e. The SMILES string of the molecule is Nc1cc(CC(=O)N[C@@H]2CCC[C@@H](NC(=O)[C@@H]3CNC(=O)C3)C2)ccn1. The maximum atomic E-state index is 12.3. The fourth-order valence-electron chi connectivity index (χ4n) is 3.63. The van der Waals surface area contributed by atoms with Crippen LogP contribution in [0.2, 0.25) is 0 Å². The van der Waals surface area contributed by atoms with E-state index in [0.29, 0.717) is 18.8 Å². The summed E-state index contributed by atoms with van der Waals surface area (Å²) < 4.78 is 0. The minimum absolute atomic E-state index is 0.0359. The second kappa shape index (κ2) is 8.16. The molecule has 0 spiro atoms. The summed E-state index contributed by atoms with van der Waals surface area (Å²) in [4.78, 5) is 39.7. The lowest BCUT2D eigenvalue weighted by atomic mass is 9.90. The Hall–Kier alpha value is -2.64. The fraction of sp³-hybridized carbons (Fsp3) is 0.556. The summed E-state index contributed by atoms with van der Waals surface area (Å²) in [6, 6.07) is 3.55. The van der Waals surface area contributed by atoms with Gasteiger partial charge in [-0.1, -0.05) is 0 Å². The molecular formula is C18H25N5O3. The Bertz CT molecular complexity index is 693. The molecule has 3 atom stereocenters. The molecule has 3 rings (SSSR count). The van der Waals surface area contributed by atoms with E-state index in [0.717, 1.165) is 24.8 Å². The van der Waals surface area contributed by atoms with Crippen LogP contribution in [0, 0.1) is 5.92 Å². The molecule has 0 bridgehead atoms. The number of hydrogen-bond acceptors (Lipinski definition) is 5. The van der Waals surface area contributed by atoms with E-state index in [2.05, 4.69) is 20.9 Å². The molecule has 1 aromatic rings. The number of aromatic nitrogens is 1. The van der Waals surface area contributed by atoms with Crippen molar-refractivity contribution in [3.05, 3.63) is 23.9 Å². The van der Waals surface area contributed by atoms with Crippen LogP contribution in [-0.4, -0.2) is 41.3 Å². The van der Waals surface area contributed by atoms with Crippen LogP contribution in [0.4, 0.5) is 5.82 Å². The number of carbonyl (C=O) groups excluding carboxylic acids is 3. The van der Waals surface area contributed by atoms with Gasteiger partial charge in [0.1, 0.15) is 5.82 Å². The number of carbonyl (C=O) groups is 3. The summed E-state index contributed by atoms with van der Waals surface area (Å²) >= 11 is 0. The van der Waals surface area contributed by atoms with Crippen molar-refractivity contribution in [1.82, 2.24) is 20.9 Å². The van der Waals surface area contributed by atoms with Crippen LogP contribution in [0.5, 0.6) is 0 Å². The van der Waals surface area contributed by atoms with Gasteiger partial charge in [0.05, 0.1) is 12.3 Å². The Morgan fingerprint density at radius 2 is 2.04 bits per heavy atom. The summed E-state index contributed by atoms with van der Waals surface area (Å²) in [7, 11) is 0. The zero-order valence-electron chi connectivity index (χ0n) is 14.7. The lowest BCUT2D eigenvalue weighted by molar-refractivity contribution is -0.127. The molecule has 26 heavy (non-hydrogen) atoms. The molecule has 2 heterocycles. The van der Waals surface area contributed by atoms with E-state index < -0.39 is 0 Å². The van der Waals surface area contributed by atoms with E-state index >= 15 is 0 Å². The van der Waals surface area contributed by atoms with Gasteiger partial charge in [-0.15, -0.1) is 0 Å². The Labute approximate surface area is 152 Å². The van der Waals surface area contributed by atoms with Crippen LogP contribution in [0.3, 0.4) is 0 Å². The monoisotopic (exact) mass is 359 g/mol. The quantitative estimate of drug-likeness (QED) is 0.583. The van der Waals surface area contributed by atoms with Gasteiger partial charge in [-0.3, -0.25) is 14.4 Å². The van der Waals surface area contributed by atoms with E-state index in [1.165, 1.54) is 0 Å². The Morgan fingerprint density at radius 1 is 1.27 bits per heavy atom. The topological polar surface area (TPSA) is 126 Å². The maximum absolute atomic E-state index is 12.3. The van der Waals surface area contributed by atoms with Gasteiger partial charge in [0, 0.05) is 31.2 Å². The van der Waals surface area contributed by atoms with Crippen molar-refractivity contribution in [3.63, 3.8) is 0 Å². The van der Waals surface area contributed by atoms with Crippen LogP contribution in [0.25, 0.3) is 0 Å². The van der Waals surface area contributed by atoms with Crippen molar-refractivity contribution < 1.29 is 14.4 Å². The highest BCUT2D eigenvalue weighted by Gasteiger charge is 2.31. The Balaban J connectivity index is 1.46. The summed E-state index contributed by atoms with van der Waals surface area (Å²) in [5, 5.41) is 8.76. The van der Waals surface area contributed by atoms with Gasteiger partial charge in [0.15, 0.2) is 0 Å². The highest BCUT2D eigenvalue weighted by molar-refractivity contribution is 5.89. The van der Waals surface area contributed by atoms with Gasteiger partial charge in [-0.05, 0) is 43.4 Å². The molecule has 1 aromatic heterocycles. The number of nitrogen functional groups attached to an aromatic ring is 1. The average molecular weight is 359 g/mol. The molecule has 8 heteroatoms. The molecule has 5 N–H and O–H groups in total. The van der Waals surface area contributed by atoms with Gasteiger partial charge in [-0.2, -0.15) is 0 Å². The van der Waals surface area contributed by atoms with Crippen LogP contribution in [0.1, 0.15) is 37.7 Å². The van der Waals surface area contributed by atoms with Gasteiger partial charge in [0.2, 0.25) is 17.7 Å². The molecule has 2 fully saturated rings. The number of pyridine rings is 1. The van der Waals surface area contributed by atoms with Crippen LogP contribution in [0.15, 0.2) is 18.3 Å². The van der Waals surface area contributed by atoms with Crippen molar-refractivity contribution in [2.75, 3.05) is 12.3 Å². The number of rotatable bonds is 5. The first-order chi connectivity index (χ1) is 12.5. The lowest BCUT2D eigenvalue weighted by Gasteiger charge is -2.31. The van der Waals surface area contributed by atoms with Gasteiger partial charge >= 0.3 is 0 Å². The molecule has 0 aromatic carbocycles. The Morgan fingerprint density at radius 3 is 2.73 bits per heavy atom. The van der Waals surface area contributed by atoms with Crippen molar-refractivity contribution in [2.45, 2.75) is 50.6 Å². The molecule has 140 valence electrons. The zero-order valence-corrected chi connectivity index (χ0v) is 14.7. The average Bonchev–Trinajstić information content (AvgIpc) is 3.02. The third-order valence-corrected chi connectivity index (χ3v) is 4.94. The second-order valence-corrected chi connectivity index (χ2v) is 7.11. The summed E-state index contributed by atoms with van der Waals surface area (Å²) in [5.74, 6) is -0.0910. The fourth-order valence-corrected chi connectivity index (χ4v) is 3.63. The number of amides is 3. The van der Waals surface area contributed by atoms with Gasteiger partial charge < -0.3 is 21.7 Å². The number of nitrogens with one attached hydrogen (secondary N) is 3. The number of nitrogens with two attached hydrogens (primary N) is 1. The van der Waals surface area contributed by atoms with Crippen molar-refractivity contribution in [1.29, 1.82) is 0 Å². The minimum atomic E-state index is -0.283. The van der Waals surface area contributed by atoms with Crippen molar-refractivity contribution >= 4 is 23.5 Å². The predicted molar refractivity (Wildman–Crippen MR) is 95.8 cm³/mol. The summed E-state index contributed by atoms with van der Waals surface area (Å²) in [6.45, 7) is 0.409. The molecule has 0 radical (unpaired) electrons. The summed E-state index contributed by atoms with van der Waals surface area (Å²) in [6.07, 6.45) is 5.56. The lowest BCUT2D eigenvalue weighted by Crippen LogP contribution is -2.47. The molecule has 1 aliphatic carbocycles. The zero-order chi connectivity index (χ0) is 18.5. The summed E-state index contributed by atoms with van der Waals surface area (Å²) in [5.41, 5.74) is 6.46. The first-order valence-electron chi connectivity index (χ1n) is 9.06. The normalized spacial score (nSPS) is 25.4. The largest absolute Gasteiger partial charge is 0.384 e. The third-order valence-electron chi connectivity index (χ3n) is 4.94. The highest BCUT2D eigenvalue weighted by Crippen LogP contribution is 2.20. The third kappa shape index (κ3) is 4.93. The second-order valence-electron chi connectivity index (χ2n) is 7.11. The van der Waals surface area contributed by atoms with Crippen LogP contribution >= 0.6 is 0 Å². The van der Waals surface area contributed by atoms with Crippen molar-refractivity contribution in [3.8, 4) is 0 Å². The van der Waals surface area contributed by atoms with E-state index in [1.807, 2.05) is 0 Å². The molecule has 8 nitrogen and oxygen atoms in total. The van der Waals surface area contributed by atoms with Crippen LogP contribution in [-0.2, 0) is 20.8 Å². The van der Waals surface area contributed by atoms with E-state index in [4.69, 9.17) is 5.73 Å². The molecule has 1 aliphatic heterocycles. The first kappa shape index (κ1) is 18.2. The molecular weight excluding hydrogens is 334 g/mol. The molecule has 1 saturated carbocycles. The number of nitrogens with zero attached hydrogens (tertiary/aromatic N) is 1. The minimum Gasteiger partial charge on any atom is -0.384 e. The number of anilines is 1. The highest BCUT2D eigenvalue weighted by atomic mass is 16.2. The number of hydrogen-bond donors (Lipinski definition) is 4. The molecule has 2 aliphatic rings. The standard InChI is InChI=1S/C18H25N5O3/c19-15-6-11(4-5-20-15)7-17(25)22-13-2-1-3-14(9-13)23-18(26)12-8-16(24)21-10-12/h4-6,12-14H,1-3,7-10H2,(H2,19,20)(H,21,24)(H,22,25)(H,23,26)/t12-,13+,14+/m0/s1. The van der Waals surface area contributed by atoms with Gasteiger partial charge in [0.25, 0.3) is 0 Å². The van der Waals surface area contributed by atoms with Gasteiger partial charge in [-0.25, -0.2) is 4.98 Å². The Kier molecular flexibility index (Phi) is 5.70. The molecule has 0 unspecified atom stereocenters. The van der Waals surface area contributed by atoms with E-state index in [1.54, 1.807) is 18.3 Å². The predicted octanol–water partition coefficient (Wildman–Crippen LogP) is -0.114. The van der Waals surface area contributed by atoms with Crippen molar-refractivity contribution in [2.24, 2.45) is 5.92 Å². The first-order valence-corrected chi connectivity index (χ1v) is 9.06.